The summed E-state index contributed by atoms with van der Waals surface area (Å²) in [5, 5.41) is 11.6. The standard InChI is InChI=1S/C16H13FO4S.C4H9NOS/c17-14-4-2-1-3-13(14)11-5-7-12(8-6-11)15(18)9-22(21)10-16(19)20;6-7-3-1-5-2-4-7/h1-8H,9-10H2,(H,19,20);5H,1-4H2. The van der Waals surface area contributed by atoms with Gasteiger partial charge in [0.05, 0.1) is 5.75 Å². The molecule has 0 aliphatic carbocycles. The van der Waals surface area contributed by atoms with E-state index in [0.717, 1.165) is 24.6 Å². The van der Waals surface area contributed by atoms with Crippen molar-refractivity contribution in [3.63, 3.8) is 0 Å². The summed E-state index contributed by atoms with van der Waals surface area (Å²) < 4.78 is 35.6. The zero-order valence-electron chi connectivity index (χ0n) is 15.6. The van der Waals surface area contributed by atoms with Crippen LogP contribution in [0.4, 0.5) is 4.39 Å². The van der Waals surface area contributed by atoms with Gasteiger partial charge in [-0.3, -0.25) is 18.0 Å². The highest BCUT2D eigenvalue weighted by atomic mass is 32.2. The Kier molecular flexibility index (Phi) is 9.30. The SMILES string of the molecule is O=C(O)CS(=O)CC(=O)c1ccc(-c2ccccc2F)cc1.O=S1CCNCC1. The highest BCUT2D eigenvalue weighted by Gasteiger charge is 2.14. The summed E-state index contributed by atoms with van der Waals surface area (Å²) in [7, 11) is -2.24. The van der Waals surface area contributed by atoms with Crippen molar-refractivity contribution in [2.24, 2.45) is 0 Å². The van der Waals surface area contributed by atoms with Gasteiger partial charge in [0.1, 0.15) is 11.6 Å². The maximum atomic E-state index is 13.7. The smallest absolute Gasteiger partial charge is 0.316 e. The molecule has 6 nitrogen and oxygen atoms in total. The van der Waals surface area contributed by atoms with Crippen molar-refractivity contribution in [3.05, 3.63) is 59.9 Å². The predicted molar refractivity (Wildman–Crippen MR) is 112 cm³/mol. The van der Waals surface area contributed by atoms with Crippen molar-refractivity contribution < 1.29 is 27.5 Å². The van der Waals surface area contributed by atoms with Gasteiger partial charge in [-0.1, -0.05) is 42.5 Å². The molecule has 0 spiro atoms. The van der Waals surface area contributed by atoms with E-state index in [2.05, 4.69) is 5.32 Å². The molecule has 1 heterocycles. The minimum atomic E-state index is -1.73. The number of ketones is 1. The summed E-state index contributed by atoms with van der Waals surface area (Å²) >= 11 is 0. The first kappa shape index (κ1) is 23.1. The fourth-order valence-corrected chi connectivity index (χ4v) is 4.33. The quantitative estimate of drug-likeness (QED) is 0.667. The van der Waals surface area contributed by atoms with Crippen LogP contribution in [0.3, 0.4) is 0 Å². The lowest BCUT2D eigenvalue weighted by Crippen LogP contribution is -2.32. The molecule has 9 heteroatoms. The second kappa shape index (κ2) is 11.7. The summed E-state index contributed by atoms with van der Waals surface area (Å²) in [6.07, 6.45) is 0. The largest absolute Gasteiger partial charge is 0.481 e. The van der Waals surface area contributed by atoms with Crippen LogP contribution in [0.15, 0.2) is 48.5 Å². The van der Waals surface area contributed by atoms with Gasteiger partial charge in [-0.25, -0.2) is 4.39 Å². The van der Waals surface area contributed by atoms with Crippen molar-refractivity contribution >= 4 is 33.4 Å². The molecule has 0 amide bonds. The molecule has 1 atom stereocenters. The van der Waals surface area contributed by atoms with Crippen LogP contribution < -0.4 is 5.32 Å². The number of carbonyl (C=O) groups excluding carboxylic acids is 1. The van der Waals surface area contributed by atoms with Crippen LogP contribution in [-0.2, 0) is 26.4 Å². The van der Waals surface area contributed by atoms with Gasteiger partial charge in [0.15, 0.2) is 5.78 Å². The molecule has 1 fully saturated rings. The molecule has 2 N–H and O–H groups in total. The van der Waals surface area contributed by atoms with E-state index in [1.165, 1.54) is 18.2 Å². The van der Waals surface area contributed by atoms with Crippen molar-refractivity contribution in [2.75, 3.05) is 36.1 Å². The van der Waals surface area contributed by atoms with Crippen LogP contribution >= 0.6 is 0 Å². The summed E-state index contributed by atoms with van der Waals surface area (Å²) in [5.41, 5.74) is 1.37. The third kappa shape index (κ3) is 7.96. The molecule has 2 aromatic rings. The predicted octanol–water partition coefficient (Wildman–Crippen LogP) is 1.85. The van der Waals surface area contributed by atoms with E-state index in [1.54, 1.807) is 30.3 Å². The molecular formula is C20H22FNO5S2. The minimum absolute atomic E-state index is 0.318. The highest BCUT2D eigenvalue weighted by molar-refractivity contribution is 7.86. The monoisotopic (exact) mass is 439 g/mol. The molecule has 3 rings (SSSR count). The fourth-order valence-electron chi connectivity index (χ4n) is 2.55. The van der Waals surface area contributed by atoms with Crippen molar-refractivity contribution in [1.82, 2.24) is 5.32 Å². The number of rotatable bonds is 6. The number of nitrogens with one attached hydrogen (secondary N) is 1. The minimum Gasteiger partial charge on any atom is -0.481 e. The van der Waals surface area contributed by atoms with Crippen molar-refractivity contribution in [2.45, 2.75) is 0 Å². The van der Waals surface area contributed by atoms with Gasteiger partial charge in [-0.05, 0) is 11.6 Å². The molecule has 156 valence electrons. The molecule has 0 bridgehead atoms. The number of carboxylic acids is 1. The first-order valence-electron chi connectivity index (χ1n) is 8.87. The number of carbonyl (C=O) groups is 2. The number of carboxylic acid groups (broad SMARTS) is 1. The average molecular weight is 440 g/mol. The first-order chi connectivity index (χ1) is 13.9. The Bertz CT molecular complexity index is 894. The van der Waals surface area contributed by atoms with Crippen LogP contribution in [0.2, 0.25) is 0 Å². The lowest BCUT2D eigenvalue weighted by atomic mass is 10.0. The number of aliphatic carboxylic acids is 1. The number of hydrogen-bond acceptors (Lipinski definition) is 5. The Balaban J connectivity index is 0.000000360. The topological polar surface area (TPSA) is 101 Å². The van der Waals surface area contributed by atoms with Crippen molar-refractivity contribution in [3.8, 4) is 11.1 Å². The van der Waals surface area contributed by atoms with E-state index in [4.69, 9.17) is 5.11 Å². The Labute approximate surface area is 173 Å². The molecule has 1 aliphatic heterocycles. The van der Waals surface area contributed by atoms with Gasteiger partial charge < -0.3 is 10.4 Å². The number of benzene rings is 2. The lowest BCUT2D eigenvalue weighted by molar-refractivity contribution is -0.133. The normalized spacial score (nSPS) is 15.1. The number of hydrogen-bond donors (Lipinski definition) is 2. The molecule has 1 saturated heterocycles. The highest BCUT2D eigenvalue weighted by Crippen LogP contribution is 2.22. The van der Waals surface area contributed by atoms with E-state index in [-0.39, 0.29) is 11.6 Å². The Hall–Kier alpha value is -2.23. The van der Waals surface area contributed by atoms with Crippen LogP contribution in [0, 0.1) is 5.82 Å². The third-order valence-electron chi connectivity index (χ3n) is 3.98. The van der Waals surface area contributed by atoms with E-state index in [9.17, 15) is 22.4 Å². The van der Waals surface area contributed by atoms with Gasteiger partial charge in [0, 0.05) is 57.3 Å². The lowest BCUT2D eigenvalue weighted by Gasteiger charge is -2.09. The summed E-state index contributed by atoms with van der Waals surface area (Å²) in [6, 6.07) is 12.5. The van der Waals surface area contributed by atoms with E-state index >= 15 is 0 Å². The third-order valence-corrected chi connectivity index (χ3v) is 6.45. The van der Waals surface area contributed by atoms with Crippen LogP contribution in [0.25, 0.3) is 11.1 Å². The zero-order valence-corrected chi connectivity index (χ0v) is 17.3. The van der Waals surface area contributed by atoms with Gasteiger partial charge in [-0.2, -0.15) is 0 Å². The van der Waals surface area contributed by atoms with Gasteiger partial charge in [0.25, 0.3) is 0 Å². The second-order valence-electron chi connectivity index (χ2n) is 6.20. The summed E-state index contributed by atoms with van der Waals surface area (Å²) in [5.74, 6) is -1.17. The maximum absolute atomic E-state index is 13.7. The summed E-state index contributed by atoms with van der Waals surface area (Å²) in [6.45, 7) is 1.87. The Morgan fingerprint density at radius 3 is 2.17 bits per heavy atom. The number of halogens is 1. The fraction of sp³-hybridized carbons (Fsp3) is 0.300. The van der Waals surface area contributed by atoms with Gasteiger partial charge in [0.2, 0.25) is 0 Å². The maximum Gasteiger partial charge on any atom is 0.316 e. The van der Waals surface area contributed by atoms with E-state index in [0.29, 0.717) is 16.7 Å². The van der Waals surface area contributed by atoms with E-state index < -0.39 is 39.1 Å². The second-order valence-corrected chi connectivity index (χ2v) is 9.35. The average Bonchev–Trinajstić information content (AvgIpc) is 2.69. The molecular weight excluding hydrogens is 417 g/mol. The Morgan fingerprint density at radius 2 is 1.66 bits per heavy atom. The summed E-state index contributed by atoms with van der Waals surface area (Å²) in [4.78, 5) is 22.3. The van der Waals surface area contributed by atoms with Gasteiger partial charge >= 0.3 is 5.97 Å². The first-order valence-corrected chi connectivity index (χ1v) is 11.8. The molecule has 1 aliphatic rings. The van der Waals surface area contributed by atoms with E-state index in [1.807, 2.05) is 0 Å². The molecule has 0 saturated carbocycles. The molecule has 0 radical (unpaired) electrons. The molecule has 29 heavy (non-hydrogen) atoms. The van der Waals surface area contributed by atoms with Gasteiger partial charge in [-0.15, -0.1) is 0 Å². The molecule has 2 aromatic carbocycles. The van der Waals surface area contributed by atoms with Crippen molar-refractivity contribution in [1.29, 1.82) is 0 Å². The van der Waals surface area contributed by atoms with Crippen LogP contribution in [0.1, 0.15) is 10.4 Å². The Morgan fingerprint density at radius 1 is 1.03 bits per heavy atom. The van der Waals surface area contributed by atoms with Crippen LogP contribution in [0.5, 0.6) is 0 Å². The van der Waals surface area contributed by atoms with Crippen LogP contribution in [-0.4, -0.2) is 61.4 Å². The molecule has 0 aromatic heterocycles. The number of Topliss-reactive ketones (excluding diaryl/α,β-unsaturated/α-hetero) is 1. The zero-order chi connectivity index (χ0) is 21.2. The molecule has 1 unspecified atom stereocenters.